The standard InChI is InChI=1S/C25H22N2O3/c1-29-22-14-12-19(13-15-22)16-17-30-25(28)24-18-23(20-8-4-2-5-9-20)26-27(24)21-10-6-3-7-11-21/h2-15,18H,16-17H2,1H3. The highest BCUT2D eigenvalue weighted by Crippen LogP contribution is 2.22. The Kier molecular flexibility index (Phi) is 5.90. The molecule has 0 radical (unpaired) electrons. The molecule has 0 aliphatic carbocycles. The Morgan fingerprint density at radius 2 is 1.57 bits per heavy atom. The molecule has 4 aromatic rings. The summed E-state index contributed by atoms with van der Waals surface area (Å²) >= 11 is 0. The Bertz CT molecular complexity index is 1100. The average Bonchev–Trinajstić information content (AvgIpc) is 3.26. The van der Waals surface area contributed by atoms with E-state index in [0.717, 1.165) is 28.3 Å². The van der Waals surface area contributed by atoms with E-state index in [1.807, 2.05) is 84.9 Å². The molecule has 0 unspecified atom stereocenters. The summed E-state index contributed by atoms with van der Waals surface area (Å²) in [6.07, 6.45) is 0.626. The second-order valence-corrected chi connectivity index (χ2v) is 6.76. The van der Waals surface area contributed by atoms with Gasteiger partial charge in [0.15, 0.2) is 5.69 Å². The lowest BCUT2D eigenvalue weighted by molar-refractivity contribution is 0.0498. The van der Waals surface area contributed by atoms with Crippen molar-refractivity contribution >= 4 is 5.97 Å². The van der Waals surface area contributed by atoms with Crippen LogP contribution in [0, 0.1) is 0 Å². The maximum atomic E-state index is 12.9. The van der Waals surface area contributed by atoms with Gasteiger partial charge in [0.1, 0.15) is 5.75 Å². The molecule has 1 heterocycles. The van der Waals surface area contributed by atoms with Crippen LogP contribution in [0.25, 0.3) is 16.9 Å². The molecule has 3 aromatic carbocycles. The van der Waals surface area contributed by atoms with Crippen molar-refractivity contribution in [2.75, 3.05) is 13.7 Å². The number of esters is 1. The zero-order valence-electron chi connectivity index (χ0n) is 16.7. The number of methoxy groups -OCH3 is 1. The second-order valence-electron chi connectivity index (χ2n) is 6.76. The third-order valence-electron chi connectivity index (χ3n) is 4.77. The van der Waals surface area contributed by atoms with Crippen LogP contribution in [0.3, 0.4) is 0 Å². The molecule has 4 rings (SSSR count). The number of hydrogen-bond donors (Lipinski definition) is 0. The van der Waals surface area contributed by atoms with Crippen molar-refractivity contribution in [2.24, 2.45) is 0 Å². The van der Waals surface area contributed by atoms with E-state index < -0.39 is 5.97 Å². The van der Waals surface area contributed by atoms with Crippen LogP contribution in [0.5, 0.6) is 5.75 Å². The molecule has 0 aliphatic heterocycles. The highest BCUT2D eigenvalue weighted by atomic mass is 16.5. The summed E-state index contributed by atoms with van der Waals surface area (Å²) in [4.78, 5) is 12.9. The fraction of sp³-hybridized carbons (Fsp3) is 0.120. The third kappa shape index (κ3) is 4.41. The summed E-state index contributed by atoms with van der Waals surface area (Å²) in [7, 11) is 1.64. The minimum absolute atomic E-state index is 0.284. The summed E-state index contributed by atoms with van der Waals surface area (Å²) < 4.78 is 12.4. The molecule has 0 N–H and O–H groups in total. The summed E-state index contributed by atoms with van der Waals surface area (Å²) in [6, 6.07) is 28.9. The zero-order valence-corrected chi connectivity index (χ0v) is 16.7. The van der Waals surface area contributed by atoms with Crippen molar-refractivity contribution in [3.05, 3.63) is 102 Å². The van der Waals surface area contributed by atoms with Gasteiger partial charge in [-0.15, -0.1) is 0 Å². The molecule has 0 amide bonds. The SMILES string of the molecule is COc1ccc(CCOC(=O)c2cc(-c3ccccc3)nn2-c2ccccc2)cc1. The minimum Gasteiger partial charge on any atom is -0.497 e. The van der Waals surface area contributed by atoms with E-state index >= 15 is 0 Å². The number of nitrogens with zero attached hydrogens (tertiary/aromatic N) is 2. The van der Waals surface area contributed by atoms with Crippen LogP contribution in [0.1, 0.15) is 16.1 Å². The van der Waals surface area contributed by atoms with Gasteiger partial charge in [-0.1, -0.05) is 60.7 Å². The molecule has 0 bridgehead atoms. The predicted octanol–water partition coefficient (Wildman–Crippen LogP) is 4.95. The van der Waals surface area contributed by atoms with Crippen molar-refractivity contribution < 1.29 is 14.3 Å². The number of carbonyl (C=O) groups is 1. The van der Waals surface area contributed by atoms with Gasteiger partial charge in [0.05, 0.1) is 25.1 Å². The van der Waals surface area contributed by atoms with Gasteiger partial charge in [0.25, 0.3) is 0 Å². The molecule has 30 heavy (non-hydrogen) atoms. The summed E-state index contributed by atoms with van der Waals surface area (Å²) in [5.74, 6) is 0.401. The lowest BCUT2D eigenvalue weighted by Crippen LogP contribution is -2.13. The van der Waals surface area contributed by atoms with E-state index in [1.165, 1.54) is 0 Å². The van der Waals surface area contributed by atoms with Crippen LogP contribution in [0.15, 0.2) is 91.0 Å². The molecule has 0 saturated heterocycles. The van der Waals surface area contributed by atoms with Crippen molar-refractivity contribution in [1.82, 2.24) is 9.78 Å². The van der Waals surface area contributed by atoms with E-state index in [-0.39, 0.29) is 6.61 Å². The fourth-order valence-corrected chi connectivity index (χ4v) is 3.17. The van der Waals surface area contributed by atoms with Gasteiger partial charge >= 0.3 is 5.97 Å². The van der Waals surface area contributed by atoms with Crippen LogP contribution in [0.4, 0.5) is 0 Å². The molecule has 150 valence electrons. The number of rotatable bonds is 7. The number of para-hydroxylation sites is 1. The normalized spacial score (nSPS) is 10.6. The summed E-state index contributed by atoms with van der Waals surface area (Å²) in [6.45, 7) is 0.284. The first-order valence-electron chi connectivity index (χ1n) is 9.75. The van der Waals surface area contributed by atoms with Crippen LogP contribution >= 0.6 is 0 Å². The van der Waals surface area contributed by atoms with Gasteiger partial charge in [-0.25, -0.2) is 9.48 Å². The third-order valence-corrected chi connectivity index (χ3v) is 4.77. The molecular weight excluding hydrogens is 376 g/mol. The largest absolute Gasteiger partial charge is 0.497 e. The van der Waals surface area contributed by atoms with Crippen molar-refractivity contribution in [3.8, 4) is 22.7 Å². The highest BCUT2D eigenvalue weighted by molar-refractivity contribution is 5.89. The topological polar surface area (TPSA) is 53.4 Å². The minimum atomic E-state index is -0.401. The lowest BCUT2D eigenvalue weighted by atomic mass is 10.1. The first-order valence-corrected chi connectivity index (χ1v) is 9.75. The quantitative estimate of drug-likeness (QED) is 0.414. The summed E-state index contributed by atoms with van der Waals surface area (Å²) in [5.41, 5.74) is 3.95. The molecule has 5 heteroatoms. The van der Waals surface area contributed by atoms with E-state index in [0.29, 0.717) is 12.1 Å². The number of ether oxygens (including phenoxy) is 2. The van der Waals surface area contributed by atoms with E-state index in [4.69, 9.17) is 9.47 Å². The zero-order chi connectivity index (χ0) is 20.8. The van der Waals surface area contributed by atoms with Crippen LogP contribution in [-0.4, -0.2) is 29.5 Å². The average molecular weight is 398 g/mol. The molecular formula is C25H22N2O3. The monoisotopic (exact) mass is 398 g/mol. The van der Waals surface area contributed by atoms with Gasteiger partial charge in [-0.3, -0.25) is 0 Å². The smallest absolute Gasteiger partial charge is 0.357 e. The van der Waals surface area contributed by atoms with E-state index in [1.54, 1.807) is 17.9 Å². The van der Waals surface area contributed by atoms with Crippen LogP contribution in [-0.2, 0) is 11.2 Å². The number of carbonyl (C=O) groups excluding carboxylic acids is 1. The van der Waals surface area contributed by atoms with Gasteiger partial charge in [-0.05, 0) is 35.9 Å². The second kappa shape index (κ2) is 9.09. The predicted molar refractivity (Wildman–Crippen MR) is 116 cm³/mol. The Balaban J connectivity index is 1.53. The van der Waals surface area contributed by atoms with Gasteiger partial charge in [0, 0.05) is 12.0 Å². The van der Waals surface area contributed by atoms with Crippen LogP contribution in [0.2, 0.25) is 0 Å². The van der Waals surface area contributed by atoms with Crippen molar-refractivity contribution in [3.63, 3.8) is 0 Å². The summed E-state index contributed by atoms with van der Waals surface area (Å²) in [5, 5.41) is 4.66. The number of aromatic nitrogens is 2. The molecule has 0 atom stereocenters. The Morgan fingerprint density at radius 3 is 2.23 bits per heavy atom. The molecule has 0 fully saturated rings. The van der Waals surface area contributed by atoms with E-state index in [9.17, 15) is 4.79 Å². The Hall–Kier alpha value is -3.86. The molecule has 5 nitrogen and oxygen atoms in total. The molecule has 0 aliphatic rings. The maximum Gasteiger partial charge on any atom is 0.357 e. The maximum absolute atomic E-state index is 12.9. The Morgan fingerprint density at radius 1 is 0.900 bits per heavy atom. The van der Waals surface area contributed by atoms with Gasteiger partial charge < -0.3 is 9.47 Å². The first-order chi connectivity index (χ1) is 14.7. The van der Waals surface area contributed by atoms with Crippen LogP contribution < -0.4 is 4.74 Å². The Labute approximate surface area is 175 Å². The van der Waals surface area contributed by atoms with Gasteiger partial charge in [0.2, 0.25) is 0 Å². The molecule has 0 saturated carbocycles. The van der Waals surface area contributed by atoms with Crippen molar-refractivity contribution in [1.29, 1.82) is 0 Å². The lowest BCUT2D eigenvalue weighted by Gasteiger charge is -2.08. The molecule has 1 aromatic heterocycles. The highest BCUT2D eigenvalue weighted by Gasteiger charge is 2.19. The van der Waals surface area contributed by atoms with E-state index in [2.05, 4.69) is 5.10 Å². The fourth-order valence-electron chi connectivity index (χ4n) is 3.17. The van der Waals surface area contributed by atoms with Crippen molar-refractivity contribution in [2.45, 2.75) is 6.42 Å². The number of hydrogen-bond acceptors (Lipinski definition) is 4. The first kappa shape index (κ1) is 19.5. The molecule has 0 spiro atoms. The van der Waals surface area contributed by atoms with Gasteiger partial charge in [-0.2, -0.15) is 5.10 Å². The number of benzene rings is 3.